The minimum Gasteiger partial charge on any atom is -0.340 e. The van der Waals surface area contributed by atoms with Gasteiger partial charge in [-0.3, -0.25) is 4.79 Å². The second-order valence-electron chi connectivity index (χ2n) is 6.64. The number of benzene rings is 2. The second kappa shape index (κ2) is 7.88. The first kappa shape index (κ1) is 17.7. The molecular formula is C20H20ClN5O. The summed E-state index contributed by atoms with van der Waals surface area (Å²) in [5, 5.41) is 13.5. The van der Waals surface area contributed by atoms with Crippen LogP contribution in [-0.4, -0.2) is 44.1 Å². The molecule has 0 aliphatic carbocycles. The molecule has 6 nitrogen and oxygen atoms in total. The molecule has 1 aliphatic heterocycles. The van der Waals surface area contributed by atoms with E-state index in [4.69, 9.17) is 11.6 Å². The molecule has 2 heterocycles. The van der Waals surface area contributed by atoms with Gasteiger partial charge in [-0.25, -0.2) is 0 Å². The molecule has 2 aromatic carbocycles. The lowest BCUT2D eigenvalue weighted by Gasteiger charge is -2.30. The maximum Gasteiger partial charge on any atom is 0.254 e. The van der Waals surface area contributed by atoms with E-state index in [1.807, 2.05) is 47.4 Å². The van der Waals surface area contributed by atoms with Gasteiger partial charge in [0, 0.05) is 23.7 Å². The number of tetrazole rings is 1. The number of halogens is 1. The standard InChI is InChI=1S/C20H20ClN5O/c21-17-11-7-10-16(14-17)19-22-24-26(23-19)18(15-8-3-1-4-9-15)20(27)25-12-5-2-6-13-25/h1,3-4,7-11,14,18H,2,5-6,12-13H2/t18-/m0/s1. The zero-order valence-electron chi connectivity index (χ0n) is 14.8. The van der Waals surface area contributed by atoms with Gasteiger partial charge < -0.3 is 4.90 Å². The molecule has 0 bridgehead atoms. The number of hydrogen-bond donors (Lipinski definition) is 0. The monoisotopic (exact) mass is 381 g/mol. The van der Waals surface area contributed by atoms with E-state index >= 15 is 0 Å². The summed E-state index contributed by atoms with van der Waals surface area (Å²) in [7, 11) is 0. The summed E-state index contributed by atoms with van der Waals surface area (Å²) in [5.41, 5.74) is 1.62. The smallest absolute Gasteiger partial charge is 0.254 e. The highest BCUT2D eigenvalue weighted by atomic mass is 35.5. The fraction of sp³-hybridized carbons (Fsp3) is 0.300. The van der Waals surface area contributed by atoms with Crippen LogP contribution in [0.15, 0.2) is 54.6 Å². The van der Waals surface area contributed by atoms with Crippen LogP contribution in [0.4, 0.5) is 0 Å². The Bertz CT molecular complexity index is 921. The number of piperidine rings is 1. The molecule has 0 N–H and O–H groups in total. The maximum atomic E-state index is 13.3. The van der Waals surface area contributed by atoms with Crippen LogP contribution in [0.1, 0.15) is 30.9 Å². The minimum absolute atomic E-state index is 0.0101. The number of amides is 1. The summed E-state index contributed by atoms with van der Waals surface area (Å²) >= 11 is 6.07. The molecule has 1 aromatic heterocycles. The second-order valence-corrected chi connectivity index (χ2v) is 7.08. The van der Waals surface area contributed by atoms with Gasteiger partial charge >= 0.3 is 0 Å². The van der Waals surface area contributed by atoms with Crippen molar-refractivity contribution in [3.63, 3.8) is 0 Å². The molecule has 1 saturated heterocycles. The van der Waals surface area contributed by atoms with Crippen molar-refractivity contribution in [3.8, 4) is 11.4 Å². The molecule has 1 amide bonds. The van der Waals surface area contributed by atoms with Crippen molar-refractivity contribution in [3.05, 3.63) is 65.2 Å². The van der Waals surface area contributed by atoms with Crippen LogP contribution in [0.3, 0.4) is 0 Å². The van der Waals surface area contributed by atoms with Crippen LogP contribution in [0.2, 0.25) is 5.02 Å². The van der Waals surface area contributed by atoms with Crippen molar-refractivity contribution in [2.24, 2.45) is 0 Å². The van der Waals surface area contributed by atoms with Gasteiger partial charge in [0.05, 0.1) is 0 Å². The fourth-order valence-electron chi connectivity index (χ4n) is 3.37. The minimum atomic E-state index is -0.621. The average Bonchev–Trinajstić information content (AvgIpc) is 3.19. The molecule has 138 valence electrons. The normalized spacial score (nSPS) is 15.5. The van der Waals surface area contributed by atoms with E-state index in [1.54, 1.807) is 12.1 Å². The maximum absolute atomic E-state index is 13.3. The van der Waals surface area contributed by atoms with Gasteiger partial charge in [-0.2, -0.15) is 0 Å². The van der Waals surface area contributed by atoms with Crippen LogP contribution >= 0.6 is 11.6 Å². The SMILES string of the molecule is O=C([C@H](c1ccccc1)n1nnc(-c2cccc(Cl)c2)n1)N1CCCCC1. The Kier molecular flexibility index (Phi) is 5.16. The molecule has 0 saturated carbocycles. The van der Waals surface area contributed by atoms with Crippen LogP contribution in [0.5, 0.6) is 0 Å². The summed E-state index contributed by atoms with van der Waals surface area (Å²) in [6, 6.07) is 16.3. The zero-order chi connectivity index (χ0) is 18.6. The topological polar surface area (TPSA) is 63.9 Å². The Morgan fingerprint density at radius 1 is 1.00 bits per heavy atom. The summed E-state index contributed by atoms with van der Waals surface area (Å²) < 4.78 is 0. The Labute approximate surface area is 162 Å². The molecule has 0 unspecified atom stereocenters. The number of nitrogens with zero attached hydrogens (tertiary/aromatic N) is 5. The Balaban J connectivity index is 1.70. The van der Waals surface area contributed by atoms with E-state index < -0.39 is 6.04 Å². The largest absolute Gasteiger partial charge is 0.340 e. The number of likely N-dealkylation sites (tertiary alicyclic amines) is 1. The van der Waals surface area contributed by atoms with E-state index in [-0.39, 0.29) is 5.91 Å². The molecule has 3 aromatic rings. The predicted octanol–water partition coefficient (Wildman–Crippen LogP) is 3.60. The molecule has 1 fully saturated rings. The van der Waals surface area contributed by atoms with Crippen LogP contribution in [-0.2, 0) is 4.79 Å². The summed E-state index contributed by atoms with van der Waals surface area (Å²) in [4.78, 5) is 16.6. The van der Waals surface area contributed by atoms with Crippen molar-refractivity contribution in [1.29, 1.82) is 0 Å². The van der Waals surface area contributed by atoms with E-state index in [1.165, 1.54) is 11.2 Å². The highest BCUT2D eigenvalue weighted by Crippen LogP contribution is 2.24. The molecule has 27 heavy (non-hydrogen) atoms. The van der Waals surface area contributed by atoms with Crippen LogP contribution in [0, 0.1) is 0 Å². The highest BCUT2D eigenvalue weighted by Gasteiger charge is 2.30. The Morgan fingerprint density at radius 2 is 1.78 bits per heavy atom. The summed E-state index contributed by atoms with van der Waals surface area (Å²) in [6.07, 6.45) is 3.23. The molecule has 7 heteroatoms. The van der Waals surface area contributed by atoms with Crippen molar-refractivity contribution in [2.75, 3.05) is 13.1 Å². The third-order valence-electron chi connectivity index (χ3n) is 4.76. The molecule has 1 aliphatic rings. The number of carbonyl (C=O) groups excluding carboxylic acids is 1. The lowest BCUT2D eigenvalue weighted by molar-refractivity contribution is -0.135. The van der Waals surface area contributed by atoms with Crippen molar-refractivity contribution in [1.82, 2.24) is 25.1 Å². The van der Waals surface area contributed by atoms with Gasteiger partial charge in [-0.05, 0) is 42.2 Å². The van der Waals surface area contributed by atoms with Crippen molar-refractivity contribution in [2.45, 2.75) is 25.3 Å². The van der Waals surface area contributed by atoms with E-state index in [9.17, 15) is 4.79 Å². The summed E-state index contributed by atoms with van der Waals surface area (Å²) in [6.45, 7) is 1.55. The first-order valence-corrected chi connectivity index (χ1v) is 9.49. The van der Waals surface area contributed by atoms with Crippen molar-refractivity contribution >= 4 is 17.5 Å². The lowest BCUT2D eigenvalue weighted by atomic mass is 10.0. The first-order valence-electron chi connectivity index (χ1n) is 9.11. The summed E-state index contributed by atoms with van der Waals surface area (Å²) in [5.74, 6) is 0.459. The molecule has 0 spiro atoms. The lowest BCUT2D eigenvalue weighted by Crippen LogP contribution is -2.41. The molecule has 1 atom stereocenters. The van der Waals surface area contributed by atoms with Gasteiger partial charge in [0.15, 0.2) is 6.04 Å². The Morgan fingerprint density at radius 3 is 2.52 bits per heavy atom. The third kappa shape index (κ3) is 3.85. The predicted molar refractivity (Wildman–Crippen MR) is 103 cm³/mol. The van der Waals surface area contributed by atoms with Crippen LogP contribution < -0.4 is 0 Å². The van der Waals surface area contributed by atoms with Gasteiger partial charge in [-0.1, -0.05) is 54.1 Å². The fourth-order valence-corrected chi connectivity index (χ4v) is 3.57. The number of rotatable bonds is 4. The van der Waals surface area contributed by atoms with E-state index in [0.717, 1.165) is 37.1 Å². The Hall–Kier alpha value is -2.73. The highest BCUT2D eigenvalue weighted by molar-refractivity contribution is 6.30. The molecule has 0 radical (unpaired) electrons. The number of aromatic nitrogens is 4. The van der Waals surface area contributed by atoms with Crippen molar-refractivity contribution < 1.29 is 4.79 Å². The number of carbonyl (C=O) groups is 1. The quantitative estimate of drug-likeness (QED) is 0.692. The zero-order valence-corrected chi connectivity index (χ0v) is 15.6. The van der Waals surface area contributed by atoms with Gasteiger partial charge in [0.2, 0.25) is 5.82 Å². The van der Waals surface area contributed by atoms with E-state index in [0.29, 0.717) is 10.8 Å². The van der Waals surface area contributed by atoms with Gasteiger partial charge in [0.1, 0.15) is 0 Å². The van der Waals surface area contributed by atoms with Gasteiger partial charge in [-0.15, -0.1) is 15.0 Å². The third-order valence-corrected chi connectivity index (χ3v) is 4.99. The van der Waals surface area contributed by atoms with E-state index in [2.05, 4.69) is 15.4 Å². The number of hydrogen-bond acceptors (Lipinski definition) is 4. The van der Waals surface area contributed by atoms with Gasteiger partial charge in [0.25, 0.3) is 5.91 Å². The average molecular weight is 382 g/mol. The van der Waals surface area contributed by atoms with Crippen LogP contribution in [0.25, 0.3) is 11.4 Å². The molecule has 4 rings (SSSR count). The first-order chi connectivity index (χ1) is 13.2. The molecular weight excluding hydrogens is 362 g/mol.